The van der Waals surface area contributed by atoms with Gasteiger partial charge in [-0.25, -0.2) is 4.68 Å². The van der Waals surface area contributed by atoms with Crippen LogP contribution in [0, 0.1) is 0 Å². The van der Waals surface area contributed by atoms with Crippen LogP contribution < -0.4 is 10.2 Å². The Kier molecular flexibility index (Phi) is 5.60. The van der Waals surface area contributed by atoms with Gasteiger partial charge in [0.1, 0.15) is 12.4 Å². The fourth-order valence-electron chi connectivity index (χ4n) is 3.48. The molecule has 1 fully saturated rings. The van der Waals surface area contributed by atoms with Crippen LogP contribution in [0.4, 0.5) is 5.69 Å². The molecule has 1 aliphatic rings. The number of amides is 2. The van der Waals surface area contributed by atoms with E-state index in [2.05, 4.69) is 20.8 Å². The maximum atomic E-state index is 12.9. The highest BCUT2D eigenvalue weighted by atomic mass is 16.2. The van der Waals surface area contributed by atoms with E-state index >= 15 is 0 Å². The molecule has 0 radical (unpaired) electrons. The molecule has 29 heavy (non-hydrogen) atoms. The molecule has 2 amide bonds. The lowest BCUT2D eigenvalue weighted by Gasteiger charge is -2.18. The fourth-order valence-corrected chi connectivity index (χ4v) is 3.48. The Labute approximate surface area is 168 Å². The second-order valence-electron chi connectivity index (χ2n) is 7.03. The molecule has 2 aromatic carbocycles. The van der Waals surface area contributed by atoms with E-state index in [-0.39, 0.29) is 11.8 Å². The Bertz CT molecular complexity index is 957. The largest absolute Gasteiger partial charge is 0.350 e. The molecule has 0 aliphatic carbocycles. The van der Waals surface area contributed by atoms with E-state index in [0.29, 0.717) is 19.4 Å². The first kappa shape index (κ1) is 18.8. The molecule has 1 atom stereocenters. The number of carbonyl (C=O) groups excluding carboxylic acids is 2. The predicted octanol–water partition coefficient (Wildman–Crippen LogP) is 1.90. The highest BCUT2D eigenvalue weighted by Crippen LogP contribution is 2.21. The zero-order valence-corrected chi connectivity index (χ0v) is 15.9. The van der Waals surface area contributed by atoms with E-state index in [1.165, 1.54) is 11.0 Å². The zero-order chi connectivity index (χ0) is 20.1. The molecule has 0 saturated carbocycles. The maximum Gasteiger partial charge on any atom is 0.245 e. The van der Waals surface area contributed by atoms with E-state index in [4.69, 9.17) is 0 Å². The maximum absolute atomic E-state index is 12.9. The molecular formula is C21H22N6O2. The van der Waals surface area contributed by atoms with Crippen molar-refractivity contribution in [1.29, 1.82) is 0 Å². The lowest BCUT2D eigenvalue weighted by Crippen LogP contribution is -2.34. The highest BCUT2D eigenvalue weighted by Gasteiger charge is 2.23. The van der Waals surface area contributed by atoms with Crippen LogP contribution in [0.1, 0.15) is 30.0 Å². The Morgan fingerprint density at radius 2 is 1.86 bits per heavy atom. The van der Waals surface area contributed by atoms with E-state index in [9.17, 15) is 9.59 Å². The van der Waals surface area contributed by atoms with Gasteiger partial charge in [-0.15, -0.1) is 5.10 Å². The lowest BCUT2D eigenvalue weighted by atomic mass is 10.1. The molecule has 0 bridgehead atoms. The van der Waals surface area contributed by atoms with Crippen molar-refractivity contribution in [3.05, 3.63) is 72.1 Å². The number of aromatic nitrogens is 4. The first-order chi connectivity index (χ1) is 14.2. The van der Waals surface area contributed by atoms with Gasteiger partial charge >= 0.3 is 0 Å². The fraction of sp³-hybridized carbons (Fsp3) is 0.286. The van der Waals surface area contributed by atoms with Crippen molar-refractivity contribution in [2.45, 2.75) is 31.8 Å². The second kappa shape index (κ2) is 8.64. The number of nitrogens with zero attached hydrogens (tertiary/aromatic N) is 5. The third-order valence-corrected chi connectivity index (χ3v) is 5.05. The number of tetrazole rings is 1. The molecular weight excluding hydrogens is 368 g/mol. The minimum absolute atomic E-state index is 0.153. The number of rotatable bonds is 7. The average molecular weight is 390 g/mol. The molecule has 1 aliphatic heterocycles. The van der Waals surface area contributed by atoms with Crippen molar-refractivity contribution in [3.8, 4) is 0 Å². The Hall–Kier alpha value is -3.55. The van der Waals surface area contributed by atoms with Crippen molar-refractivity contribution >= 4 is 17.5 Å². The van der Waals surface area contributed by atoms with E-state index in [1.54, 1.807) is 4.90 Å². The summed E-state index contributed by atoms with van der Waals surface area (Å²) in [6, 6.07) is 17.0. The summed E-state index contributed by atoms with van der Waals surface area (Å²) in [5.74, 6) is 0.0104. The van der Waals surface area contributed by atoms with Crippen LogP contribution in [-0.2, 0) is 22.6 Å². The van der Waals surface area contributed by atoms with Gasteiger partial charge in [0.25, 0.3) is 0 Å². The molecule has 1 N–H and O–H groups in total. The van der Waals surface area contributed by atoms with Crippen LogP contribution >= 0.6 is 0 Å². The van der Waals surface area contributed by atoms with Crippen molar-refractivity contribution < 1.29 is 9.59 Å². The Morgan fingerprint density at radius 3 is 2.52 bits per heavy atom. The number of hydrogen-bond acceptors (Lipinski definition) is 5. The van der Waals surface area contributed by atoms with Gasteiger partial charge in [-0.1, -0.05) is 42.5 Å². The van der Waals surface area contributed by atoms with Crippen LogP contribution in [0.3, 0.4) is 0 Å². The smallest absolute Gasteiger partial charge is 0.245 e. The molecule has 148 valence electrons. The third kappa shape index (κ3) is 4.48. The first-order valence-corrected chi connectivity index (χ1v) is 9.64. The summed E-state index contributed by atoms with van der Waals surface area (Å²) in [6.45, 7) is 1.16. The summed E-state index contributed by atoms with van der Waals surface area (Å²) >= 11 is 0. The molecule has 3 aromatic rings. The Morgan fingerprint density at radius 1 is 1.07 bits per heavy atom. The Balaban J connectivity index is 1.40. The van der Waals surface area contributed by atoms with Crippen LogP contribution in [0.5, 0.6) is 0 Å². The lowest BCUT2D eigenvalue weighted by molar-refractivity contribution is -0.124. The topological polar surface area (TPSA) is 93.0 Å². The summed E-state index contributed by atoms with van der Waals surface area (Å²) in [5, 5.41) is 14.2. The second-order valence-corrected chi connectivity index (χ2v) is 7.03. The average Bonchev–Trinajstić information content (AvgIpc) is 3.43. The van der Waals surface area contributed by atoms with Gasteiger partial charge in [-0.3, -0.25) is 9.59 Å². The minimum atomic E-state index is -0.533. The van der Waals surface area contributed by atoms with Gasteiger partial charge < -0.3 is 10.2 Å². The number of carbonyl (C=O) groups is 2. The number of hydrogen-bond donors (Lipinski definition) is 1. The molecule has 1 aromatic heterocycles. The third-order valence-electron chi connectivity index (χ3n) is 5.05. The molecule has 1 saturated heterocycles. The SMILES string of the molecule is O=C(NCc1ccc(N2CCCC2=O)cc1)C(Cc1ccccc1)n1cnnn1. The quantitative estimate of drug-likeness (QED) is 0.665. The van der Waals surface area contributed by atoms with Crippen LogP contribution in [0.25, 0.3) is 0 Å². The van der Waals surface area contributed by atoms with Crippen molar-refractivity contribution in [2.24, 2.45) is 0 Å². The van der Waals surface area contributed by atoms with Crippen molar-refractivity contribution in [2.75, 3.05) is 11.4 Å². The molecule has 0 spiro atoms. The number of anilines is 1. The zero-order valence-electron chi connectivity index (χ0n) is 15.9. The van der Waals surface area contributed by atoms with Gasteiger partial charge in [0.15, 0.2) is 0 Å². The van der Waals surface area contributed by atoms with Crippen molar-refractivity contribution in [1.82, 2.24) is 25.5 Å². The van der Waals surface area contributed by atoms with E-state index < -0.39 is 6.04 Å². The standard InChI is InChI=1S/C21H22N6O2/c28-20-7-4-12-26(20)18-10-8-17(9-11-18)14-22-21(29)19(27-15-23-24-25-27)13-16-5-2-1-3-6-16/h1-3,5-6,8-11,15,19H,4,7,12-14H2,(H,22,29). The molecule has 8 heteroatoms. The predicted molar refractivity (Wildman–Crippen MR) is 107 cm³/mol. The van der Waals surface area contributed by atoms with Crippen LogP contribution in [0.15, 0.2) is 60.9 Å². The monoisotopic (exact) mass is 390 g/mol. The minimum Gasteiger partial charge on any atom is -0.350 e. The van der Waals surface area contributed by atoms with Gasteiger partial charge in [-0.05, 0) is 40.1 Å². The van der Waals surface area contributed by atoms with Gasteiger partial charge in [0, 0.05) is 31.6 Å². The normalized spacial score (nSPS) is 14.8. The molecule has 4 rings (SSSR count). The van der Waals surface area contributed by atoms with Gasteiger partial charge in [0.2, 0.25) is 11.8 Å². The first-order valence-electron chi connectivity index (χ1n) is 9.64. The summed E-state index contributed by atoms with van der Waals surface area (Å²) in [6.07, 6.45) is 3.46. The van der Waals surface area contributed by atoms with Crippen LogP contribution in [0.2, 0.25) is 0 Å². The molecule has 2 heterocycles. The highest BCUT2D eigenvalue weighted by molar-refractivity contribution is 5.95. The van der Waals surface area contributed by atoms with E-state index in [1.807, 2.05) is 54.6 Å². The van der Waals surface area contributed by atoms with Gasteiger partial charge in [0.05, 0.1) is 0 Å². The summed E-state index contributed by atoms with van der Waals surface area (Å²) in [7, 11) is 0. The summed E-state index contributed by atoms with van der Waals surface area (Å²) in [5.41, 5.74) is 2.89. The van der Waals surface area contributed by atoms with E-state index in [0.717, 1.165) is 29.8 Å². The van der Waals surface area contributed by atoms with Crippen LogP contribution in [-0.4, -0.2) is 38.6 Å². The molecule has 1 unspecified atom stereocenters. The van der Waals surface area contributed by atoms with Crippen molar-refractivity contribution in [3.63, 3.8) is 0 Å². The molecule has 8 nitrogen and oxygen atoms in total. The number of nitrogens with one attached hydrogen (secondary N) is 1. The summed E-state index contributed by atoms with van der Waals surface area (Å²) < 4.78 is 1.48. The summed E-state index contributed by atoms with van der Waals surface area (Å²) in [4.78, 5) is 26.5. The number of benzene rings is 2. The van der Waals surface area contributed by atoms with Gasteiger partial charge in [-0.2, -0.15) is 0 Å².